The summed E-state index contributed by atoms with van der Waals surface area (Å²) in [6.07, 6.45) is 2.70. The summed E-state index contributed by atoms with van der Waals surface area (Å²) in [5, 5.41) is 9.74. The van der Waals surface area contributed by atoms with Crippen molar-refractivity contribution in [1.82, 2.24) is 4.90 Å². The molecule has 102 valence electrons. The summed E-state index contributed by atoms with van der Waals surface area (Å²) in [5.41, 5.74) is 0.114. The van der Waals surface area contributed by atoms with Crippen LogP contribution in [0.1, 0.15) is 36.0 Å². The number of fused-ring (bicyclic) bond motifs is 2. The fourth-order valence-corrected chi connectivity index (χ4v) is 3.64. The molecule has 2 aliphatic rings. The van der Waals surface area contributed by atoms with Crippen molar-refractivity contribution in [2.75, 3.05) is 0 Å². The van der Waals surface area contributed by atoms with Crippen LogP contribution in [-0.2, 0) is 0 Å². The minimum Gasteiger partial charge on any atom is -0.393 e. The first-order valence-electron chi connectivity index (χ1n) is 6.52. The fraction of sp³-hybridized carbons (Fsp3) is 0.500. The summed E-state index contributed by atoms with van der Waals surface area (Å²) >= 11 is 3.27. The van der Waals surface area contributed by atoms with Crippen molar-refractivity contribution in [2.45, 2.75) is 43.9 Å². The van der Waals surface area contributed by atoms with Gasteiger partial charge >= 0.3 is 0 Å². The van der Waals surface area contributed by atoms with Crippen LogP contribution in [0.4, 0.5) is 4.39 Å². The lowest BCUT2D eigenvalue weighted by molar-refractivity contribution is 0.0283. The highest BCUT2D eigenvalue weighted by atomic mass is 79.9. The Morgan fingerprint density at radius 1 is 1.32 bits per heavy atom. The zero-order chi connectivity index (χ0) is 13.6. The summed E-state index contributed by atoms with van der Waals surface area (Å²) in [7, 11) is 0. The van der Waals surface area contributed by atoms with Gasteiger partial charge in [-0.15, -0.1) is 0 Å². The normalized spacial score (nSPS) is 29.6. The van der Waals surface area contributed by atoms with Crippen LogP contribution in [0, 0.1) is 5.82 Å². The monoisotopic (exact) mass is 327 g/mol. The van der Waals surface area contributed by atoms with Gasteiger partial charge in [0.2, 0.25) is 0 Å². The van der Waals surface area contributed by atoms with Gasteiger partial charge in [0.15, 0.2) is 0 Å². The average Bonchev–Trinajstić information content (AvgIpc) is 2.64. The van der Waals surface area contributed by atoms with Gasteiger partial charge in [-0.2, -0.15) is 0 Å². The average molecular weight is 328 g/mol. The smallest absolute Gasteiger partial charge is 0.257 e. The maximum Gasteiger partial charge on any atom is 0.257 e. The SMILES string of the molecule is O=C(c1cc(Br)ccc1F)N1C2CCC1CC(O)C2. The molecule has 2 heterocycles. The van der Waals surface area contributed by atoms with Crippen LogP contribution in [0.2, 0.25) is 0 Å². The molecule has 0 spiro atoms. The Morgan fingerprint density at radius 2 is 1.95 bits per heavy atom. The summed E-state index contributed by atoms with van der Waals surface area (Å²) < 4.78 is 14.5. The minimum atomic E-state index is -0.487. The second-order valence-corrected chi connectivity index (χ2v) is 6.26. The van der Waals surface area contributed by atoms with Crippen LogP contribution in [0.3, 0.4) is 0 Å². The van der Waals surface area contributed by atoms with Crippen LogP contribution < -0.4 is 0 Å². The molecule has 2 aliphatic heterocycles. The molecule has 0 radical (unpaired) electrons. The first-order valence-corrected chi connectivity index (χ1v) is 7.31. The lowest BCUT2D eigenvalue weighted by Gasteiger charge is -2.37. The van der Waals surface area contributed by atoms with Gasteiger partial charge in [-0.1, -0.05) is 15.9 Å². The molecule has 1 aromatic rings. The summed E-state index contributed by atoms with van der Waals surface area (Å²) in [5.74, 6) is -0.739. The highest BCUT2D eigenvalue weighted by Gasteiger charge is 2.43. The van der Waals surface area contributed by atoms with Crippen molar-refractivity contribution in [1.29, 1.82) is 0 Å². The number of hydrogen-bond acceptors (Lipinski definition) is 2. The van der Waals surface area contributed by atoms with E-state index in [0.717, 1.165) is 12.8 Å². The van der Waals surface area contributed by atoms with E-state index >= 15 is 0 Å². The second kappa shape index (κ2) is 4.87. The molecule has 2 unspecified atom stereocenters. The van der Waals surface area contributed by atoms with Gasteiger partial charge in [0.05, 0.1) is 11.7 Å². The van der Waals surface area contributed by atoms with Gasteiger partial charge in [0.25, 0.3) is 5.91 Å². The molecule has 2 saturated heterocycles. The van der Waals surface area contributed by atoms with Crippen molar-refractivity contribution in [2.24, 2.45) is 0 Å². The Bertz CT molecular complexity index is 508. The predicted octanol–water partition coefficient (Wildman–Crippen LogP) is 2.72. The van der Waals surface area contributed by atoms with Crippen molar-refractivity contribution in [3.05, 3.63) is 34.1 Å². The van der Waals surface area contributed by atoms with Gasteiger partial charge in [0, 0.05) is 16.6 Å². The Labute approximate surface area is 119 Å². The van der Waals surface area contributed by atoms with Crippen molar-refractivity contribution < 1.29 is 14.3 Å². The third-order valence-electron chi connectivity index (χ3n) is 4.10. The molecular formula is C14H15BrFNO2. The molecule has 3 nitrogen and oxygen atoms in total. The molecular weight excluding hydrogens is 313 g/mol. The first-order chi connectivity index (χ1) is 9.06. The standard InChI is InChI=1S/C14H15BrFNO2/c15-8-1-4-13(16)12(5-8)14(19)17-9-2-3-10(17)7-11(18)6-9/h1,4-5,9-11,18H,2-3,6-7H2. The van der Waals surface area contributed by atoms with E-state index in [2.05, 4.69) is 15.9 Å². The molecule has 2 fully saturated rings. The number of carbonyl (C=O) groups is 1. The summed E-state index contributed by atoms with van der Waals surface area (Å²) in [6.45, 7) is 0. The molecule has 19 heavy (non-hydrogen) atoms. The minimum absolute atomic E-state index is 0.0552. The lowest BCUT2D eigenvalue weighted by Crippen LogP contribution is -2.48. The highest BCUT2D eigenvalue weighted by molar-refractivity contribution is 9.10. The Morgan fingerprint density at radius 3 is 2.58 bits per heavy atom. The second-order valence-electron chi connectivity index (χ2n) is 5.35. The number of nitrogens with zero attached hydrogens (tertiary/aromatic N) is 1. The topological polar surface area (TPSA) is 40.5 Å². The van der Waals surface area contributed by atoms with E-state index < -0.39 is 5.82 Å². The van der Waals surface area contributed by atoms with Crippen molar-refractivity contribution >= 4 is 21.8 Å². The zero-order valence-electron chi connectivity index (χ0n) is 10.4. The molecule has 1 N–H and O–H groups in total. The number of carbonyl (C=O) groups excluding carboxylic acids is 1. The highest BCUT2D eigenvalue weighted by Crippen LogP contribution is 2.37. The molecule has 1 amide bonds. The number of halogens is 2. The van der Waals surface area contributed by atoms with E-state index in [0.29, 0.717) is 17.3 Å². The van der Waals surface area contributed by atoms with E-state index in [4.69, 9.17) is 0 Å². The molecule has 2 atom stereocenters. The Kier molecular flexibility index (Phi) is 3.35. The van der Waals surface area contributed by atoms with Crippen LogP contribution in [0.25, 0.3) is 0 Å². The molecule has 0 aliphatic carbocycles. The van der Waals surface area contributed by atoms with Gasteiger partial charge in [-0.05, 0) is 43.9 Å². The van der Waals surface area contributed by atoms with Crippen molar-refractivity contribution in [3.63, 3.8) is 0 Å². The van der Waals surface area contributed by atoms with Gasteiger partial charge in [-0.3, -0.25) is 4.79 Å². The zero-order valence-corrected chi connectivity index (χ0v) is 11.9. The number of piperidine rings is 1. The van der Waals surface area contributed by atoms with Crippen LogP contribution in [-0.4, -0.2) is 34.1 Å². The fourth-order valence-electron chi connectivity index (χ4n) is 3.28. The number of benzene rings is 1. The predicted molar refractivity (Wildman–Crippen MR) is 72.3 cm³/mol. The molecule has 3 rings (SSSR count). The first kappa shape index (κ1) is 13.1. The number of rotatable bonds is 1. The van der Waals surface area contributed by atoms with E-state index in [1.807, 2.05) is 0 Å². The number of aliphatic hydroxyl groups is 1. The molecule has 5 heteroatoms. The third-order valence-corrected chi connectivity index (χ3v) is 4.59. The molecule has 0 aromatic heterocycles. The number of amides is 1. The maximum atomic E-state index is 13.8. The van der Waals surface area contributed by atoms with Gasteiger partial charge in [0.1, 0.15) is 5.82 Å². The largest absolute Gasteiger partial charge is 0.393 e. The van der Waals surface area contributed by atoms with Crippen molar-refractivity contribution in [3.8, 4) is 0 Å². The van der Waals surface area contributed by atoms with Gasteiger partial charge < -0.3 is 10.0 Å². The summed E-state index contributed by atoms with van der Waals surface area (Å²) in [4.78, 5) is 14.3. The van der Waals surface area contributed by atoms with E-state index in [-0.39, 0.29) is 29.7 Å². The molecule has 0 saturated carbocycles. The van der Waals surface area contributed by atoms with E-state index in [1.165, 1.54) is 12.1 Å². The van der Waals surface area contributed by atoms with E-state index in [1.54, 1.807) is 11.0 Å². The quantitative estimate of drug-likeness (QED) is 0.861. The van der Waals surface area contributed by atoms with E-state index in [9.17, 15) is 14.3 Å². The number of hydrogen-bond donors (Lipinski definition) is 1. The molecule has 1 aromatic carbocycles. The lowest BCUT2D eigenvalue weighted by atomic mass is 9.98. The van der Waals surface area contributed by atoms with Gasteiger partial charge in [-0.25, -0.2) is 4.39 Å². The third kappa shape index (κ3) is 2.30. The summed E-state index contributed by atoms with van der Waals surface area (Å²) in [6, 6.07) is 4.53. The van der Waals surface area contributed by atoms with Crippen LogP contribution in [0.5, 0.6) is 0 Å². The number of aliphatic hydroxyl groups excluding tert-OH is 1. The Balaban J connectivity index is 1.90. The Hall–Kier alpha value is -0.940. The molecule has 2 bridgehead atoms. The van der Waals surface area contributed by atoms with Crippen LogP contribution >= 0.6 is 15.9 Å². The maximum absolute atomic E-state index is 13.8. The van der Waals surface area contributed by atoms with Crippen LogP contribution in [0.15, 0.2) is 22.7 Å².